The Hall–Kier alpha value is -0.630. The number of rotatable bonds is 4. The molecule has 0 fully saturated rings. The molecule has 0 heterocycles. The standard InChI is InChI=1S/C13H17ClF2/c1-8(2)12(9(3)14)7-10-6-11(15)4-5-13(10)16/h4-6,8-9,12H,7H2,1-3H3. The van der Waals surface area contributed by atoms with Gasteiger partial charge in [-0.3, -0.25) is 0 Å². The maximum absolute atomic E-state index is 13.4. The number of alkyl halides is 1. The zero-order valence-electron chi connectivity index (χ0n) is 9.81. The first-order valence-electron chi connectivity index (χ1n) is 5.49. The van der Waals surface area contributed by atoms with Crippen molar-refractivity contribution in [3.05, 3.63) is 35.4 Å². The second-order valence-electron chi connectivity index (χ2n) is 4.53. The van der Waals surface area contributed by atoms with Crippen LogP contribution in [0.4, 0.5) is 8.78 Å². The molecule has 0 aromatic heterocycles. The normalized spacial score (nSPS) is 15.2. The van der Waals surface area contributed by atoms with Gasteiger partial charge >= 0.3 is 0 Å². The molecule has 1 rings (SSSR count). The van der Waals surface area contributed by atoms with E-state index in [1.165, 1.54) is 12.1 Å². The average Bonchev–Trinajstić information content (AvgIpc) is 2.18. The molecule has 90 valence electrons. The highest BCUT2D eigenvalue weighted by Crippen LogP contribution is 2.25. The van der Waals surface area contributed by atoms with E-state index in [0.717, 1.165) is 6.07 Å². The summed E-state index contributed by atoms with van der Waals surface area (Å²) in [5, 5.41) is -0.0531. The first-order chi connectivity index (χ1) is 7.41. The molecule has 0 nitrogen and oxygen atoms in total. The molecule has 3 heteroatoms. The van der Waals surface area contributed by atoms with Gasteiger partial charge in [-0.25, -0.2) is 8.78 Å². The van der Waals surface area contributed by atoms with Crippen LogP contribution in [0.2, 0.25) is 0 Å². The van der Waals surface area contributed by atoms with Gasteiger partial charge in [0.1, 0.15) is 11.6 Å². The largest absolute Gasteiger partial charge is 0.207 e. The first-order valence-corrected chi connectivity index (χ1v) is 5.93. The molecule has 2 atom stereocenters. The minimum atomic E-state index is -0.402. The maximum Gasteiger partial charge on any atom is 0.126 e. The third-order valence-electron chi connectivity index (χ3n) is 2.91. The topological polar surface area (TPSA) is 0 Å². The summed E-state index contributed by atoms with van der Waals surface area (Å²) >= 11 is 6.06. The van der Waals surface area contributed by atoms with Crippen molar-refractivity contribution in [2.75, 3.05) is 0 Å². The minimum absolute atomic E-state index is 0.0531. The molecule has 0 radical (unpaired) electrons. The Morgan fingerprint density at radius 2 is 1.81 bits per heavy atom. The summed E-state index contributed by atoms with van der Waals surface area (Å²) in [6.45, 7) is 5.98. The van der Waals surface area contributed by atoms with Crippen molar-refractivity contribution in [2.24, 2.45) is 11.8 Å². The SMILES string of the molecule is CC(C)C(Cc1cc(F)ccc1F)C(C)Cl. The Labute approximate surface area is 101 Å². The number of benzene rings is 1. The maximum atomic E-state index is 13.4. The van der Waals surface area contributed by atoms with Crippen LogP contribution in [0.5, 0.6) is 0 Å². The number of hydrogen-bond acceptors (Lipinski definition) is 0. The smallest absolute Gasteiger partial charge is 0.126 e. The van der Waals surface area contributed by atoms with Gasteiger partial charge in [-0.15, -0.1) is 11.6 Å². The van der Waals surface area contributed by atoms with Crippen molar-refractivity contribution in [1.82, 2.24) is 0 Å². The molecule has 0 amide bonds. The molecule has 16 heavy (non-hydrogen) atoms. The molecule has 0 aliphatic heterocycles. The predicted octanol–water partition coefficient (Wildman–Crippen LogP) is 4.41. The van der Waals surface area contributed by atoms with Crippen LogP contribution in [0.25, 0.3) is 0 Å². The van der Waals surface area contributed by atoms with Gasteiger partial charge in [-0.1, -0.05) is 13.8 Å². The van der Waals surface area contributed by atoms with E-state index in [1.807, 2.05) is 20.8 Å². The van der Waals surface area contributed by atoms with Crippen LogP contribution in [-0.2, 0) is 6.42 Å². The highest BCUT2D eigenvalue weighted by molar-refractivity contribution is 6.20. The molecule has 0 aliphatic rings. The molecular formula is C13H17ClF2. The average molecular weight is 247 g/mol. The van der Waals surface area contributed by atoms with Crippen LogP contribution in [0.1, 0.15) is 26.3 Å². The monoisotopic (exact) mass is 246 g/mol. The molecule has 0 N–H and O–H groups in total. The lowest BCUT2D eigenvalue weighted by Gasteiger charge is -2.23. The predicted molar refractivity (Wildman–Crippen MR) is 63.7 cm³/mol. The highest BCUT2D eigenvalue weighted by Gasteiger charge is 2.21. The van der Waals surface area contributed by atoms with E-state index in [1.54, 1.807) is 0 Å². The van der Waals surface area contributed by atoms with E-state index in [-0.39, 0.29) is 17.1 Å². The molecule has 1 aromatic rings. The van der Waals surface area contributed by atoms with Crippen LogP contribution in [0, 0.1) is 23.5 Å². The van der Waals surface area contributed by atoms with Gasteiger partial charge in [0.25, 0.3) is 0 Å². The van der Waals surface area contributed by atoms with Crippen molar-refractivity contribution in [3.8, 4) is 0 Å². The van der Waals surface area contributed by atoms with Gasteiger partial charge in [0.05, 0.1) is 0 Å². The summed E-state index contributed by atoms with van der Waals surface area (Å²) in [5.74, 6) is -0.265. The lowest BCUT2D eigenvalue weighted by molar-refractivity contribution is 0.370. The summed E-state index contributed by atoms with van der Waals surface area (Å²) in [7, 11) is 0. The summed E-state index contributed by atoms with van der Waals surface area (Å²) in [6.07, 6.45) is 0.478. The minimum Gasteiger partial charge on any atom is -0.207 e. The molecule has 0 saturated carbocycles. The second-order valence-corrected chi connectivity index (χ2v) is 5.21. The third kappa shape index (κ3) is 3.44. The van der Waals surface area contributed by atoms with Crippen molar-refractivity contribution in [2.45, 2.75) is 32.6 Å². The summed E-state index contributed by atoms with van der Waals surface area (Å²) in [5.41, 5.74) is 0.409. The summed E-state index contributed by atoms with van der Waals surface area (Å²) < 4.78 is 26.4. The molecular weight excluding hydrogens is 230 g/mol. The molecule has 0 spiro atoms. The second kappa shape index (κ2) is 5.62. The van der Waals surface area contributed by atoms with E-state index < -0.39 is 5.82 Å². The van der Waals surface area contributed by atoms with Crippen molar-refractivity contribution in [3.63, 3.8) is 0 Å². The van der Waals surface area contributed by atoms with Crippen molar-refractivity contribution in [1.29, 1.82) is 0 Å². The summed E-state index contributed by atoms with van der Waals surface area (Å²) in [4.78, 5) is 0. The van der Waals surface area contributed by atoms with E-state index in [9.17, 15) is 8.78 Å². The Bertz CT molecular complexity index is 340. The fourth-order valence-electron chi connectivity index (χ4n) is 1.88. The quantitative estimate of drug-likeness (QED) is 0.691. The molecule has 2 unspecified atom stereocenters. The first kappa shape index (κ1) is 13.4. The Balaban J connectivity index is 2.89. The van der Waals surface area contributed by atoms with E-state index >= 15 is 0 Å². The lowest BCUT2D eigenvalue weighted by Crippen LogP contribution is -2.21. The zero-order valence-corrected chi connectivity index (χ0v) is 10.6. The molecule has 0 aliphatic carbocycles. The van der Waals surface area contributed by atoms with Crippen LogP contribution in [0.3, 0.4) is 0 Å². The van der Waals surface area contributed by atoms with Crippen LogP contribution < -0.4 is 0 Å². The number of halogens is 3. The Kier molecular flexibility index (Phi) is 4.72. The Morgan fingerprint density at radius 1 is 1.19 bits per heavy atom. The lowest BCUT2D eigenvalue weighted by atomic mass is 9.87. The van der Waals surface area contributed by atoms with Gasteiger partial charge in [0.2, 0.25) is 0 Å². The van der Waals surface area contributed by atoms with Gasteiger partial charge in [0, 0.05) is 5.38 Å². The van der Waals surface area contributed by atoms with Crippen LogP contribution in [-0.4, -0.2) is 5.38 Å². The fourth-order valence-corrected chi connectivity index (χ4v) is 2.26. The van der Waals surface area contributed by atoms with Gasteiger partial charge in [-0.2, -0.15) is 0 Å². The number of hydrogen-bond donors (Lipinski definition) is 0. The van der Waals surface area contributed by atoms with Crippen LogP contribution in [0.15, 0.2) is 18.2 Å². The van der Waals surface area contributed by atoms with E-state index in [4.69, 9.17) is 11.6 Å². The summed E-state index contributed by atoms with van der Waals surface area (Å²) in [6, 6.07) is 3.55. The van der Waals surface area contributed by atoms with Crippen molar-refractivity contribution < 1.29 is 8.78 Å². The van der Waals surface area contributed by atoms with E-state index in [0.29, 0.717) is 17.9 Å². The zero-order chi connectivity index (χ0) is 12.3. The molecule has 1 aromatic carbocycles. The fraction of sp³-hybridized carbons (Fsp3) is 0.538. The highest BCUT2D eigenvalue weighted by atomic mass is 35.5. The van der Waals surface area contributed by atoms with Crippen LogP contribution >= 0.6 is 11.6 Å². The van der Waals surface area contributed by atoms with Gasteiger partial charge < -0.3 is 0 Å². The molecule has 0 bridgehead atoms. The van der Waals surface area contributed by atoms with Crippen molar-refractivity contribution >= 4 is 11.6 Å². The third-order valence-corrected chi connectivity index (χ3v) is 3.23. The van der Waals surface area contributed by atoms with Gasteiger partial charge in [0.15, 0.2) is 0 Å². The van der Waals surface area contributed by atoms with Gasteiger partial charge in [-0.05, 0) is 48.9 Å². The molecule has 0 saturated heterocycles. The Morgan fingerprint density at radius 3 is 2.31 bits per heavy atom. The van der Waals surface area contributed by atoms with E-state index in [2.05, 4.69) is 0 Å².